The van der Waals surface area contributed by atoms with Gasteiger partial charge in [0.1, 0.15) is 12.4 Å². The smallest absolute Gasteiger partial charge is 0.295 e. The summed E-state index contributed by atoms with van der Waals surface area (Å²) in [6.07, 6.45) is 3.61. The molecule has 0 aliphatic carbocycles. The maximum Gasteiger partial charge on any atom is 0.295 e. The van der Waals surface area contributed by atoms with Crippen molar-refractivity contribution in [1.29, 1.82) is 0 Å². The summed E-state index contributed by atoms with van der Waals surface area (Å²) in [7, 11) is 0. The molecule has 0 bridgehead atoms. The third kappa shape index (κ3) is 5.73. The lowest BCUT2D eigenvalue weighted by Crippen LogP contribution is -2.31. The number of ketones is 1. The molecule has 0 spiro atoms. The Morgan fingerprint density at radius 3 is 2.20 bits per heavy atom. The molecule has 0 saturated carbocycles. The van der Waals surface area contributed by atoms with Crippen molar-refractivity contribution >= 4 is 17.4 Å². The third-order valence-corrected chi connectivity index (χ3v) is 6.80. The number of benzene rings is 3. The van der Waals surface area contributed by atoms with Gasteiger partial charge in [-0.3, -0.25) is 14.6 Å². The van der Waals surface area contributed by atoms with Gasteiger partial charge in [-0.2, -0.15) is 0 Å². The number of hydrogen-bond acceptors (Lipinski definition) is 6. The lowest BCUT2D eigenvalue weighted by molar-refractivity contribution is -0.139. The number of carbonyl (C=O) groups excluding carboxylic acids is 2. The van der Waals surface area contributed by atoms with Crippen LogP contribution in [0.4, 0.5) is 0 Å². The Balaban J connectivity index is 1.54. The SMILES string of the molecule is CCOc1cc(C2/C(=C(\O)c3ccncc3)C(=O)C(=O)N2CCc2ccccc2)ccc1OCc1ccccc1. The van der Waals surface area contributed by atoms with Gasteiger partial charge in [-0.05, 0) is 54.3 Å². The van der Waals surface area contributed by atoms with E-state index in [1.165, 1.54) is 17.3 Å². The first-order chi connectivity index (χ1) is 19.6. The van der Waals surface area contributed by atoms with Crippen LogP contribution in [0.15, 0.2) is 109 Å². The van der Waals surface area contributed by atoms with Crippen LogP contribution in [0.1, 0.15) is 35.2 Å². The number of aliphatic hydroxyl groups excluding tert-OH is 1. The van der Waals surface area contributed by atoms with Gasteiger partial charge in [-0.25, -0.2) is 0 Å². The minimum Gasteiger partial charge on any atom is -0.507 e. The molecular formula is C33H30N2O5. The van der Waals surface area contributed by atoms with Crippen molar-refractivity contribution in [2.75, 3.05) is 13.2 Å². The molecule has 5 rings (SSSR count). The van der Waals surface area contributed by atoms with Crippen molar-refractivity contribution in [3.63, 3.8) is 0 Å². The first-order valence-electron chi connectivity index (χ1n) is 13.2. The first kappa shape index (κ1) is 26.7. The number of Topliss-reactive ketones (excluding diaryl/α,β-unsaturated/α-hetero) is 1. The molecular weight excluding hydrogens is 504 g/mol. The molecule has 1 fully saturated rings. The Labute approximate surface area is 233 Å². The van der Waals surface area contributed by atoms with Gasteiger partial charge < -0.3 is 19.5 Å². The third-order valence-electron chi connectivity index (χ3n) is 6.80. The topological polar surface area (TPSA) is 89.0 Å². The lowest BCUT2D eigenvalue weighted by Gasteiger charge is -2.26. The number of hydrogen-bond donors (Lipinski definition) is 1. The van der Waals surface area contributed by atoms with Crippen LogP contribution in [-0.2, 0) is 22.6 Å². The minimum atomic E-state index is -0.806. The van der Waals surface area contributed by atoms with Crippen LogP contribution in [0.2, 0.25) is 0 Å². The number of rotatable bonds is 10. The molecule has 1 aromatic heterocycles. The summed E-state index contributed by atoms with van der Waals surface area (Å²) in [5.74, 6) is -0.581. The van der Waals surface area contributed by atoms with Crippen molar-refractivity contribution in [3.8, 4) is 11.5 Å². The molecule has 1 aliphatic heterocycles. The summed E-state index contributed by atoms with van der Waals surface area (Å²) in [5.41, 5.74) is 3.13. The van der Waals surface area contributed by atoms with E-state index in [0.29, 0.717) is 48.8 Å². The molecule has 7 nitrogen and oxygen atoms in total. The van der Waals surface area contributed by atoms with Crippen molar-refractivity contribution in [2.45, 2.75) is 26.0 Å². The molecule has 1 saturated heterocycles. The fourth-order valence-electron chi connectivity index (χ4n) is 4.83. The van der Waals surface area contributed by atoms with Crippen molar-refractivity contribution in [1.82, 2.24) is 9.88 Å². The van der Waals surface area contributed by atoms with Crippen LogP contribution >= 0.6 is 0 Å². The van der Waals surface area contributed by atoms with E-state index >= 15 is 0 Å². The van der Waals surface area contributed by atoms with E-state index in [4.69, 9.17) is 9.47 Å². The van der Waals surface area contributed by atoms with Gasteiger partial charge in [0.05, 0.1) is 18.2 Å². The largest absolute Gasteiger partial charge is 0.507 e. The van der Waals surface area contributed by atoms with Crippen LogP contribution in [0.3, 0.4) is 0 Å². The zero-order valence-corrected chi connectivity index (χ0v) is 22.2. The number of ether oxygens (including phenoxy) is 2. The molecule has 7 heteroatoms. The Hall–Kier alpha value is -4.91. The highest BCUT2D eigenvalue weighted by atomic mass is 16.5. The predicted molar refractivity (Wildman–Crippen MR) is 152 cm³/mol. The van der Waals surface area contributed by atoms with E-state index in [2.05, 4.69) is 4.98 Å². The number of likely N-dealkylation sites (tertiary alicyclic amines) is 1. The molecule has 1 amide bonds. The highest BCUT2D eigenvalue weighted by molar-refractivity contribution is 6.46. The van der Waals surface area contributed by atoms with Gasteiger partial charge in [-0.1, -0.05) is 66.7 Å². The average molecular weight is 535 g/mol. The molecule has 40 heavy (non-hydrogen) atoms. The highest BCUT2D eigenvalue weighted by Gasteiger charge is 2.46. The van der Waals surface area contributed by atoms with Crippen molar-refractivity contribution < 1.29 is 24.2 Å². The van der Waals surface area contributed by atoms with Crippen LogP contribution in [0.5, 0.6) is 11.5 Å². The van der Waals surface area contributed by atoms with Crippen molar-refractivity contribution in [2.24, 2.45) is 0 Å². The Morgan fingerprint density at radius 2 is 1.52 bits per heavy atom. The van der Waals surface area contributed by atoms with E-state index in [1.807, 2.05) is 73.7 Å². The van der Waals surface area contributed by atoms with E-state index in [-0.39, 0.29) is 11.3 Å². The summed E-state index contributed by atoms with van der Waals surface area (Å²) in [5, 5.41) is 11.3. The summed E-state index contributed by atoms with van der Waals surface area (Å²) >= 11 is 0. The summed E-state index contributed by atoms with van der Waals surface area (Å²) < 4.78 is 12.0. The maximum atomic E-state index is 13.4. The second-order valence-corrected chi connectivity index (χ2v) is 9.38. The van der Waals surface area contributed by atoms with Crippen LogP contribution in [-0.4, -0.2) is 39.8 Å². The van der Waals surface area contributed by atoms with Gasteiger partial charge in [0.2, 0.25) is 0 Å². The molecule has 1 atom stereocenters. The maximum absolute atomic E-state index is 13.4. The monoisotopic (exact) mass is 534 g/mol. The zero-order valence-electron chi connectivity index (χ0n) is 22.2. The molecule has 1 aliphatic rings. The highest BCUT2D eigenvalue weighted by Crippen LogP contribution is 2.42. The van der Waals surface area contributed by atoms with E-state index in [9.17, 15) is 14.7 Å². The minimum absolute atomic E-state index is 0.0321. The van der Waals surface area contributed by atoms with Crippen LogP contribution in [0.25, 0.3) is 5.76 Å². The Bertz CT molecular complexity index is 1500. The number of carbonyl (C=O) groups is 2. The lowest BCUT2D eigenvalue weighted by atomic mass is 9.95. The number of nitrogens with zero attached hydrogens (tertiary/aromatic N) is 2. The Morgan fingerprint density at radius 1 is 0.850 bits per heavy atom. The normalized spacial score (nSPS) is 16.2. The summed E-state index contributed by atoms with van der Waals surface area (Å²) in [4.78, 5) is 32.3. The molecule has 2 heterocycles. The molecule has 0 radical (unpaired) electrons. The van der Waals surface area contributed by atoms with Gasteiger partial charge in [0, 0.05) is 24.5 Å². The molecule has 1 unspecified atom stereocenters. The summed E-state index contributed by atoms with van der Waals surface area (Å²) in [6.45, 7) is 2.93. The zero-order chi connectivity index (χ0) is 27.9. The number of aliphatic hydroxyl groups is 1. The van der Waals surface area contributed by atoms with Crippen LogP contribution < -0.4 is 9.47 Å². The first-order valence-corrected chi connectivity index (χ1v) is 13.2. The standard InChI is InChI=1S/C33H30N2O5/c1-2-39-28-21-26(13-14-27(28)40-22-24-11-7-4-8-12-24)30-29(31(36)25-15-18-34-19-16-25)32(37)33(38)35(30)20-17-23-9-5-3-6-10-23/h3-16,18-19,21,30,36H,2,17,20,22H2,1H3/b31-29+. The Kier molecular flexibility index (Phi) is 8.21. The van der Waals surface area contributed by atoms with Gasteiger partial charge in [0.15, 0.2) is 11.5 Å². The molecule has 202 valence electrons. The number of pyridine rings is 1. The second kappa shape index (κ2) is 12.3. The molecule has 4 aromatic rings. The van der Waals surface area contributed by atoms with E-state index in [0.717, 1.165) is 11.1 Å². The van der Waals surface area contributed by atoms with Gasteiger partial charge in [0.25, 0.3) is 11.7 Å². The van der Waals surface area contributed by atoms with Crippen LogP contribution in [0, 0.1) is 0 Å². The van der Waals surface area contributed by atoms with Gasteiger partial charge in [-0.15, -0.1) is 0 Å². The quantitative estimate of drug-likeness (QED) is 0.159. The van der Waals surface area contributed by atoms with E-state index < -0.39 is 17.7 Å². The van der Waals surface area contributed by atoms with E-state index in [1.54, 1.807) is 24.3 Å². The number of aromatic nitrogens is 1. The average Bonchev–Trinajstić information content (AvgIpc) is 3.25. The fraction of sp³-hybridized carbons (Fsp3) is 0.182. The number of amides is 1. The second-order valence-electron chi connectivity index (χ2n) is 9.38. The fourth-order valence-corrected chi connectivity index (χ4v) is 4.83. The molecule has 3 aromatic carbocycles. The molecule has 1 N–H and O–H groups in total. The van der Waals surface area contributed by atoms with Crippen molar-refractivity contribution in [3.05, 3.63) is 131 Å². The predicted octanol–water partition coefficient (Wildman–Crippen LogP) is 5.72. The summed E-state index contributed by atoms with van der Waals surface area (Å²) in [6, 6.07) is 27.4. The van der Waals surface area contributed by atoms with Gasteiger partial charge >= 0.3 is 0 Å².